The monoisotopic (exact) mass is 372 g/mol. The number of amides is 1. The summed E-state index contributed by atoms with van der Waals surface area (Å²) in [5, 5.41) is 2.36. The van der Waals surface area contributed by atoms with Gasteiger partial charge in [-0.05, 0) is 35.8 Å². The Morgan fingerprint density at radius 1 is 1.30 bits per heavy atom. The Hall–Kier alpha value is -2.50. The minimum absolute atomic E-state index is 0.00288. The number of nitrogens with zero attached hydrogens (tertiary/aromatic N) is 1. The number of aromatic nitrogens is 1. The quantitative estimate of drug-likeness (QED) is 0.889. The smallest absolute Gasteiger partial charge is 0.409 e. The van der Waals surface area contributed by atoms with Gasteiger partial charge >= 0.3 is 6.09 Å². The maximum atomic E-state index is 12.2. The largest absolute Gasteiger partial charge is 0.453 e. The van der Waals surface area contributed by atoms with E-state index in [4.69, 9.17) is 9.26 Å². The maximum Gasteiger partial charge on any atom is 0.409 e. The Labute approximate surface area is 159 Å². The second-order valence-electron chi connectivity index (χ2n) is 8.30. The summed E-state index contributed by atoms with van der Waals surface area (Å²) in [6.07, 6.45) is 1.91. The highest BCUT2D eigenvalue weighted by atomic mass is 16.5. The lowest BCUT2D eigenvalue weighted by atomic mass is 9.84. The number of aromatic amines is 1. The molecule has 0 radical (unpaired) electrons. The number of hydrogen-bond acceptors (Lipinski definition) is 4. The first-order valence-corrected chi connectivity index (χ1v) is 9.40. The number of ether oxygens (including phenoxy) is 1. The number of rotatable bonds is 3. The predicted octanol–water partition coefficient (Wildman–Crippen LogP) is 3.82. The fraction of sp³-hybridized carbons (Fsp3) is 0.524. The van der Waals surface area contributed by atoms with Crippen molar-refractivity contribution in [2.24, 2.45) is 0 Å². The second-order valence-corrected chi connectivity index (χ2v) is 8.30. The first kappa shape index (κ1) is 19.3. The second kappa shape index (κ2) is 7.62. The number of benzene rings is 1. The molecule has 27 heavy (non-hydrogen) atoms. The van der Waals surface area contributed by atoms with Crippen LogP contribution in [-0.4, -0.2) is 35.8 Å². The minimum Gasteiger partial charge on any atom is -0.453 e. The maximum absolute atomic E-state index is 12.2. The summed E-state index contributed by atoms with van der Waals surface area (Å²) in [5.41, 5.74) is 2.35. The summed E-state index contributed by atoms with van der Waals surface area (Å²) in [5.74, 6) is 0.779. The fourth-order valence-electron chi connectivity index (χ4n) is 3.77. The molecule has 0 spiro atoms. The normalized spacial score (nSPS) is 20.5. The molecule has 3 rings (SSSR count). The van der Waals surface area contributed by atoms with Crippen LogP contribution in [0.4, 0.5) is 4.79 Å². The van der Waals surface area contributed by atoms with E-state index >= 15 is 0 Å². The summed E-state index contributed by atoms with van der Waals surface area (Å²) >= 11 is 0. The van der Waals surface area contributed by atoms with Crippen LogP contribution in [0.3, 0.4) is 0 Å². The molecule has 0 saturated carbocycles. The Balaban J connectivity index is 1.79. The first-order chi connectivity index (χ1) is 12.8. The number of hydrogen-bond donors (Lipinski definition) is 1. The zero-order chi connectivity index (χ0) is 19.6. The summed E-state index contributed by atoms with van der Waals surface area (Å²) in [6, 6.07) is 10.1. The van der Waals surface area contributed by atoms with Crippen LogP contribution in [0.15, 0.2) is 39.6 Å². The van der Waals surface area contributed by atoms with Gasteiger partial charge in [-0.1, -0.05) is 45.0 Å². The average molecular weight is 372 g/mol. The van der Waals surface area contributed by atoms with Crippen molar-refractivity contribution in [1.29, 1.82) is 0 Å². The molecular weight excluding hydrogens is 344 g/mol. The van der Waals surface area contributed by atoms with Crippen molar-refractivity contribution >= 4 is 6.09 Å². The van der Waals surface area contributed by atoms with Gasteiger partial charge < -0.3 is 14.2 Å². The number of carbonyl (C=O) groups is 1. The van der Waals surface area contributed by atoms with Gasteiger partial charge in [0.2, 0.25) is 0 Å². The van der Waals surface area contributed by atoms with Gasteiger partial charge in [-0.15, -0.1) is 0 Å². The van der Waals surface area contributed by atoms with Crippen LogP contribution in [0.5, 0.6) is 0 Å². The molecule has 1 saturated heterocycles. The number of H-pyrrole nitrogens is 1. The topological polar surface area (TPSA) is 75.5 Å². The molecule has 0 unspecified atom stereocenters. The molecule has 6 nitrogen and oxygen atoms in total. The highest BCUT2D eigenvalue weighted by Crippen LogP contribution is 2.33. The van der Waals surface area contributed by atoms with Crippen molar-refractivity contribution in [3.63, 3.8) is 0 Å². The summed E-state index contributed by atoms with van der Waals surface area (Å²) < 4.78 is 10.3. The number of piperidine rings is 1. The van der Waals surface area contributed by atoms with Crippen molar-refractivity contribution < 1.29 is 14.1 Å². The molecule has 1 amide bonds. The zero-order valence-corrected chi connectivity index (χ0v) is 16.5. The number of nitrogens with one attached hydrogen (secondary N) is 1. The van der Waals surface area contributed by atoms with Crippen molar-refractivity contribution in [2.45, 2.75) is 57.4 Å². The summed E-state index contributed by atoms with van der Waals surface area (Å²) in [7, 11) is 1.41. The van der Waals surface area contributed by atoms with Crippen molar-refractivity contribution in [3.8, 4) is 0 Å². The molecule has 146 valence electrons. The van der Waals surface area contributed by atoms with Gasteiger partial charge in [0.15, 0.2) is 0 Å². The summed E-state index contributed by atoms with van der Waals surface area (Å²) in [6.45, 7) is 7.16. The minimum atomic E-state index is -0.305. The molecule has 2 atom stereocenters. The molecule has 6 heteroatoms. The Morgan fingerprint density at radius 3 is 2.56 bits per heavy atom. The van der Waals surface area contributed by atoms with Crippen LogP contribution >= 0.6 is 0 Å². The van der Waals surface area contributed by atoms with Crippen LogP contribution in [-0.2, 0) is 16.6 Å². The third kappa shape index (κ3) is 4.43. The van der Waals surface area contributed by atoms with Gasteiger partial charge in [-0.25, -0.2) is 4.79 Å². The zero-order valence-electron chi connectivity index (χ0n) is 16.5. The molecular formula is C21H28N2O4. The molecule has 1 N–H and O–H groups in total. The van der Waals surface area contributed by atoms with Gasteiger partial charge in [0, 0.05) is 24.6 Å². The highest BCUT2D eigenvalue weighted by molar-refractivity contribution is 5.68. The van der Waals surface area contributed by atoms with Gasteiger partial charge in [0.1, 0.15) is 5.76 Å². The van der Waals surface area contributed by atoms with E-state index in [1.54, 1.807) is 4.90 Å². The lowest BCUT2D eigenvalue weighted by Gasteiger charge is -2.38. The van der Waals surface area contributed by atoms with Crippen molar-refractivity contribution in [2.75, 3.05) is 13.7 Å². The molecule has 1 aliphatic rings. The molecule has 1 aromatic heterocycles. The van der Waals surface area contributed by atoms with E-state index in [2.05, 4.69) is 50.2 Å². The van der Waals surface area contributed by atoms with Crippen LogP contribution in [0.1, 0.15) is 56.4 Å². The lowest BCUT2D eigenvalue weighted by Crippen LogP contribution is -2.46. The van der Waals surface area contributed by atoms with E-state index in [0.717, 1.165) is 19.3 Å². The molecule has 1 aromatic carbocycles. The third-order valence-corrected chi connectivity index (χ3v) is 5.36. The van der Waals surface area contributed by atoms with Crippen LogP contribution in [0.2, 0.25) is 0 Å². The molecule has 2 aromatic rings. The third-order valence-electron chi connectivity index (χ3n) is 5.36. The standard InChI is InChI=1S/C21H28N2O4/c1-21(2,3)16-7-5-14(6-8-16)11-17-12-15(18-13-19(24)22-27-18)9-10-23(17)20(25)26-4/h5-8,13,15,17H,9-12H2,1-4H3,(H,22,24)/t15-,17+/m1/s1. The SMILES string of the molecule is COC(=O)N1CC[C@@H](c2cc(=O)[nH]o2)C[C@@H]1Cc1ccc(C(C)(C)C)cc1. The Kier molecular flexibility index (Phi) is 5.44. The van der Waals surface area contributed by atoms with E-state index in [0.29, 0.717) is 12.3 Å². The van der Waals surface area contributed by atoms with Crippen LogP contribution in [0, 0.1) is 0 Å². The molecule has 1 fully saturated rings. The van der Waals surface area contributed by atoms with E-state index in [9.17, 15) is 9.59 Å². The van der Waals surface area contributed by atoms with E-state index < -0.39 is 0 Å². The van der Waals surface area contributed by atoms with Crippen LogP contribution < -0.4 is 5.56 Å². The molecule has 1 aliphatic heterocycles. The van der Waals surface area contributed by atoms with Crippen LogP contribution in [0.25, 0.3) is 0 Å². The number of carbonyl (C=O) groups excluding carboxylic acids is 1. The van der Waals surface area contributed by atoms with Gasteiger partial charge in [0.25, 0.3) is 5.56 Å². The predicted molar refractivity (Wildman–Crippen MR) is 103 cm³/mol. The van der Waals surface area contributed by atoms with Crippen molar-refractivity contribution in [1.82, 2.24) is 10.1 Å². The van der Waals surface area contributed by atoms with Gasteiger partial charge in [0.05, 0.1) is 7.11 Å². The average Bonchev–Trinajstić information content (AvgIpc) is 3.07. The number of methoxy groups -OCH3 is 1. The lowest BCUT2D eigenvalue weighted by molar-refractivity contribution is 0.0817. The molecule has 0 aliphatic carbocycles. The van der Waals surface area contributed by atoms with Crippen molar-refractivity contribution in [3.05, 3.63) is 57.6 Å². The molecule has 0 bridgehead atoms. The van der Waals surface area contributed by atoms with Gasteiger partial charge in [-0.2, -0.15) is 5.16 Å². The summed E-state index contributed by atoms with van der Waals surface area (Å²) in [4.78, 5) is 25.4. The van der Waals surface area contributed by atoms with E-state index in [1.165, 1.54) is 24.3 Å². The molecule has 2 heterocycles. The fourth-order valence-corrected chi connectivity index (χ4v) is 3.77. The van der Waals surface area contributed by atoms with E-state index in [-0.39, 0.29) is 29.0 Å². The number of likely N-dealkylation sites (tertiary alicyclic amines) is 1. The first-order valence-electron chi connectivity index (χ1n) is 9.40. The highest BCUT2D eigenvalue weighted by Gasteiger charge is 2.34. The van der Waals surface area contributed by atoms with Gasteiger partial charge in [-0.3, -0.25) is 4.79 Å². The van der Waals surface area contributed by atoms with E-state index in [1.807, 2.05) is 0 Å². The Bertz CT molecular complexity index is 829. The Morgan fingerprint density at radius 2 is 2.00 bits per heavy atom.